The summed E-state index contributed by atoms with van der Waals surface area (Å²) in [5.41, 5.74) is 1.66. The zero-order valence-electron chi connectivity index (χ0n) is 12.2. The van der Waals surface area contributed by atoms with Gasteiger partial charge in [0.15, 0.2) is 12.4 Å². The topological polar surface area (TPSA) is 51.2 Å². The zero-order valence-corrected chi connectivity index (χ0v) is 15.2. The molecule has 0 aliphatic heterocycles. The third-order valence-electron chi connectivity index (χ3n) is 2.92. The summed E-state index contributed by atoms with van der Waals surface area (Å²) in [7, 11) is 0. The Morgan fingerprint density at radius 3 is 2.26 bits per heavy atom. The first-order valence-corrected chi connectivity index (χ1v) is 8.00. The maximum absolute atomic E-state index is 12.0. The van der Waals surface area contributed by atoms with Crippen molar-refractivity contribution >= 4 is 58.0 Å². The number of ether oxygens (including phenoxy) is 1. The van der Waals surface area contributed by atoms with E-state index in [4.69, 9.17) is 51.1 Å². The van der Waals surface area contributed by atoms with Crippen LogP contribution in [0.1, 0.15) is 11.4 Å². The Morgan fingerprint density at radius 1 is 1.09 bits per heavy atom. The van der Waals surface area contributed by atoms with Gasteiger partial charge in [-0.25, -0.2) is 0 Å². The van der Waals surface area contributed by atoms with Crippen molar-refractivity contribution in [1.29, 1.82) is 0 Å². The maximum atomic E-state index is 12.0. The van der Waals surface area contributed by atoms with E-state index in [-0.39, 0.29) is 28.3 Å². The molecule has 1 aromatic carbocycles. The molecule has 1 aromatic heterocycles. The van der Waals surface area contributed by atoms with Crippen molar-refractivity contribution in [3.05, 3.63) is 49.7 Å². The van der Waals surface area contributed by atoms with Crippen LogP contribution in [0.3, 0.4) is 0 Å². The van der Waals surface area contributed by atoms with Gasteiger partial charge in [-0.05, 0) is 32.0 Å². The van der Waals surface area contributed by atoms with Gasteiger partial charge < -0.3 is 10.1 Å². The minimum Gasteiger partial charge on any atom is -0.480 e. The van der Waals surface area contributed by atoms with Crippen LogP contribution in [-0.2, 0) is 4.79 Å². The van der Waals surface area contributed by atoms with E-state index in [1.54, 1.807) is 32.0 Å². The van der Waals surface area contributed by atoms with Crippen LogP contribution in [0.25, 0.3) is 0 Å². The summed E-state index contributed by atoms with van der Waals surface area (Å²) >= 11 is 23.9. The minimum absolute atomic E-state index is 0.239. The molecule has 23 heavy (non-hydrogen) atoms. The van der Waals surface area contributed by atoms with Crippen LogP contribution in [0.5, 0.6) is 5.75 Å². The smallest absolute Gasteiger partial charge is 0.262 e. The molecule has 0 bridgehead atoms. The number of nitrogens with one attached hydrogen (secondary N) is 1. The third-order valence-corrected chi connectivity index (χ3v) is 4.55. The Bertz CT molecular complexity index is 739. The zero-order chi connectivity index (χ0) is 17.1. The molecule has 8 heteroatoms. The molecule has 1 amide bonds. The van der Waals surface area contributed by atoms with E-state index in [2.05, 4.69) is 10.3 Å². The van der Waals surface area contributed by atoms with E-state index >= 15 is 0 Å². The van der Waals surface area contributed by atoms with Gasteiger partial charge in [0.2, 0.25) is 0 Å². The molecule has 0 unspecified atom stereocenters. The number of halogens is 4. The van der Waals surface area contributed by atoms with E-state index in [1.165, 1.54) is 0 Å². The van der Waals surface area contributed by atoms with Gasteiger partial charge in [-0.3, -0.25) is 9.78 Å². The van der Waals surface area contributed by atoms with Crippen LogP contribution in [-0.4, -0.2) is 17.5 Å². The van der Waals surface area contributed by atoms with Gasteiger partial charge in [0.1, 0.15) is 10.0 Å². The van der Waals surface area contributed by atoms with Crippen molar-refractivity contribution in [3.63, 3.8) is 0 Å². The molecule has 0 fully saturated rings. The van der Waals surface area contributed by atoms with Crippen molar-refractivity contribution < 1.29 is 9.53 Å². The van der Waals surface area contributed by atoms with Crippen molar-refractivity contribution in [1.82, 2.24) is 4.98 Å². The van der Waals surface area contributed by atoms with Crippen LogP contribution in [0, 0.1) is 13.8 Å². The SMILES string of the molecule is Cc1nc(C)c(Cl)c(OCC(=O)Nc2ccc(Cl)c(Cl)c2)c1Cl. The molecule has 4 nitrogen and oxygen atoms in total. The number of hydrogen-bond donors (Lipinski definition) is 1. The van der Waals surface area contributed by atoms with Gasteiger partial charge in [-0.2, -0.15) is 0 Å². The van der Waals surface area contributed by atoms with Gasteiger partial charge in [-0.1, -0.05) is 46.4 Å². The first-order valence-electron chi connectivity index (χ1n) is 6.49. The second-order valence-electron chi connectivity index (χ2n) is 4.71. The van der Waals surface area contributed by atoms with E-state index in [0.29, 0.717) is 27.1 Å². The number of carbonyl (C=O) groups is 1. The second-order valence-corrected chi connectivity index (χ2v) is 6.28. The monoisotopic (exact) mass is 392 g/mol. The fourth-order valence-corrected chi connectivity index (χ4v) is 2.54. The molecule has 0 atom stereocenters. The fourth-order valence-electron chi connectivity index (χ4n) is 1.81. The van der Waals surface area contributed by atoms with Crippen molar-refractivity contribution in [2.45, 2.75) is 13.8 Å². The predicted molar refractivity (Wildman–Crippen MR) is 94.3 cm³/mol. The lowest BCUT2D eigenvalue weighted by molar-refractivity contribution is -0.118. The van der Waals surface area contributed by atoms with E-state index < -0.39 is 0 Å². The van der Waals surface area contributed by atoms with Crippen LogP contribution < -0.4 is 10.1 Å². The number of nitrogens with zero attached hydrogens (tertiary/aromatic N) is 1. The summed E-state index contributed by atoms with van der Waals surface area (Å²) in [6, 6.07) is 4.76. The number of anilines is 1. The number of pyridine rings is 1. The molecular formula is C15H12Cl4N2O2. The lowest BCUT2D eigenvalue weighted by atomic mass is 10.3. The van der Waals surface area contributed by atoms with Gasteiger partial charge in [0.25, 0.3) is 5.91 Å². The van der Waals surface area contributed by atoms with Crippen LogP contribution in [0.15, 0.2) is 18.2 Å². The Morgan fingerprint density at radius 2 is 1.70 bits per heavy atom. The largest absolute Gasteiger partial charge is 0.480 e. The summed E-state index contributed by atoms with van der Waals surface area (Å²) < 4.78 is 5.44. The highest BCUT2D eigenvalue weighted by molar-refractivity contribution is 6.42. The Labute approximate surface area is 153 Å². The standard InChI is InChI=1S/C15H12Cl4N2O2/c1-7-13(18)15(14(19)8(2)20-7)23-6-12(22)21-9-3-4-10(16)11(17)5-9/h3-5H,6H2,1-2H3,(H,21,22). The molecule has 1 heterocycles. The summed E-state index contributed by atoms with van der Waals surface area (Å²) in [5.74, 6) is -0.148. The summed E-state index contributed by atoms with van der Waals surface area (Å²) in [6.45, 7) is 3.20. The van der Waals surface area contributed by atoms with Crippen molar-refractivity contribution in [2.24, 2.45) is 0 Å². The summed E-state index contributed by atoms with van der Waals surface area (Å²) in [5, 5.41) is 3.95. The first kappa shape index (κ1) is 18.1. The van der Waals surface area contributed by atoms with Crippen LogP contribution in [0.4, 0.5) is 5.69 Å². The number of aromatic nitrogens is 1. The second kappa shape index (κ2) is 7.58. The molecule has 122 valence electrons. The van der Waals surface area contributed by atoms with Gasteiger partial charge in [-0.15, -0.1) is 0 Å². The molecule has 0 spiro atoms. The lowest BCUT2D eigenvalue weighted by Gasteiger charge is -2.13. The Hall–Kier alpha value is -1.20. The molecule has 0 aliphatic rings. The predicted octanol–water partition coefficient (Wildman–Crippen LogP) is 5.33. The number of aryl methyl sites for hydroxylation is 2. The highest BCUT2D eigenvalue weighted by atomic mass is 35.5. The van der Waals surface area contributed by atoms with E-state index in [1.807, 2.05) is 0 Å². The highest BCUT2D eigenvalue weighted by Crippen LogP contribution is 2.36. The normalized spacial score (nSPS) is 10.5. The average molecular weight is 394 g/mol. The third kappa shape index (κ3) is 4.42. The van der Waals surface area contributed by atoms with E-state index in [0.717, 1.165) is 0 Å². The molecule has 1 N–H and O–H groups in total. The van der Waals surface area contributed by atoms with Gasteiger partial charge in [0, 0.05) is 5.69 Å². The maximum Gasteiger partial charge on any atom is 0.262 e. The van der Waals surface area contributed by atoms with Crippen molar-refractivity contribution in [3.8, 4) is 5.75 Å². The lowest BCUT2D eigenvalue weighted by Crippen LogP contribution is -2.20. The number of hydrogen-bond acceptors (Lipinski definition) is 3. The Balaban J connectivity index is 2.06. The quantitative estimate of drug-likeness (QED) is 0.763. The fraction of sp³-hybridized carbons (Fsp3) is 0.200. The molecule has 0 aliphatic carbocycles. The summed E-state index contributed by atoms with van der Waals surface area (Å²) in [6.07, 6.45) is 0. The Kier molecular flexibility index (Phi) is 5.98. The van der Waals surface area contributed by atoms with Crippen LogP contribution in [0.2, 0.25) is 20.1 Å². The van der Waals surface area contributed by atoms with Gasteiger partial charge in [0.05, 0.1) is 21.4 Å². The molecule has 2 rings (SSSR count). The molecule has 0 saturated heterocycles. The number of rotatable bonds is 4. The number of benzene rings is 1. The van der Waals surface area contributed by atoms with Crippen LogP contribution >= 0.6 is 46.4 Å². The molecule has 0 saturated carbocycles. The minimum atomic E-state index is -0.386. The van der Waals surface area contributed by atoms with Crippen molar-refractivity contribution in [2.75, 3.05) is 11.9 Å². The average Bonchev–Trinajstić information content (AvgIpc) is 2.49. The number of amides is 1. The van der Waals surface area contributed by atoms with Gasteiger partial charge >= 0.3 is 0 Å². The molecule has 0 radical (unpaired) electrons. The molecular weight excluding hydrogens is 382 g/mol. The molecule has 2 aromatic rings. The number of carbonyl (C=O) groups excluding carboxylic acids is 1. The highest BCUT2D eigenvalue weighted by Gasteiger charge is 2.16. The first-order chi connectivity index (χ1) is 10.8. The van der Waals surface area contributed by atoms with E-state index in [9.17, 15) is 4.79 Å². The summed E-state index contributed by atoms with van der Waals surface area (Å²) in [4.78, 5) is 16.1.